The van der Waals surface area contributed by atoms with Gasteiger partial charge in [-0.1, -0.05) is 12.1 Å². The van der Waals surface area contributed by atoms with Crippen molar-refractivity contribution in [2.75, 3.05) is 46.6 Å². The third-order valence-electron chi connectivity index (χ3n) is 4.12. The maximum atomic E-state index is 12.3. The Balaban J connectivity index is 1.59. The number of hydrogen-bond donors (Lipinski definition) is 1. The molecule has 1 N–H and O–H groups in total. The number of methoxy groups -OCH3 is 1. The van der Waals surface area contributed by atoms with E-state index in [0.29, 0.717) is 39.5 Å². The zero-order valence-electron chi connectivity index (χ0n) is 13.2. The summed E-state index contributed by atoms with van der Waals surface area (Å²) in [5.74, 6) is 1.59. The molecule has 2 aliphatic heterocycles. The van der Waals surface area contributed by atoms with Crippen molar-refractivity contribution < 1.29 is 22.6 Å². The maximum Gasteiger partial charge on any atom is 0.279 e. The average Bonchev–Trinajstić information content (AvgIpc) is 2.60. The largest absolute Gasteiger partial charge is 0.493 e. The fourth-order valence-electron chi connectivity index (χ4n) is 2.85. The molecule has 0 spiro atoms. The average molecular weight is 342 g/mol. The van der Waals surface area contributed by atoms with Crippen LogP contribution >= 0.6 is 0 Å². The summed E-state index contributed by atoms with van der Waals surface area (Å²) in [5.41, 5.74) is 1.05. The number of rotatable bonds is 5. The lowest BCUT2D eigenvalue weighted by Crippen LogP contribution is -2.48. The van der Waals surface area contributed by atoms with Gasteiger partial charge in [-0.2, -0.15) is 12.7 Å². The van der Waals surface area contributed by atoms with E-state index in [4.69, 9.17) is 14.2 Å². The van der Waals surface area contributed by atoms with E-state index in [9.17, 15) is 8.42 Å². The van der Waals surface area contributed by atoms with Crippen LogP contribution in [0.1, 0.15) is 5.56 Å². The van der Waals surface area contributed by atoms with Gasteiger partial charge in [0.15, 0.2) is 11.5 Å². The summed E-state index contributed by atoms with van der Waals surface area (Å²) in [5, 5.41) is 0. The molecule has 1 saturated heterocycles. The number of benzene rings is 1. The number of para-hydroxylation sites is 1. The molecule has 1 aromatic carbocycles. The van der Waals surface area contributed by atoms with E-state index in [1.54, 1.807) is 7.11 Å². The zero-order valence-corrected chi connectivity index (χ0v) is 14.0. The molecule has 0 aliphatic carbocycles. The smallest absolute Gasteiger partial charge is 0.279 e. The molecule has 0 amide bonds. The molecule has 8 heteroatoms. The van der Waals surface area contributed by atoms with E-state index in [-0.39, 0.29) is 5.92 Å². The predicted octanol–water partition coefficient (Wildman–Crippen LogP) is 0.413. The Labute approximate surface area is 136 Å². The molecule has 0 unspecified atom stereocenters. The van der Waals surface area contributed by atoms with Gasteiger partial charge in [-0.05, 0) is 18.1 Å². The molecule has 23 heavy (non-hydrogen) atoms. The monoisotopic (exact) mass is 342 g/mol. The van der Waals surface area contributed by atoms with Crippen molar-refractivity contribution in [3.8, 4) is 11.5 Å². The SMILES string of the molecule is COc1cccc2c1OC[C@H](CNS(=O)(=O)N1CCOCC1)C2. The van der Waals surface area contributed by atoms with Gasteiger partial charge >= 0.3 is 0 Å². The van der Waals surface area contributed by atoms with Crippen LogP contribution in [-0.4, -0.2) is 59.3 Å². The summed E-state index contributed by atoms with van der Waals surface area (Å²) in [6, 6.07) is 5.77. The van der Waals surface area contributed by atoms with Gasteiger partial charge in [0.25, 0.3) is 10.2 Å². The standard InChI is InChI=1S/C15H22N2O5S/c1-20-14-4-2-3-13-9-12(11-22-15(13)14)10-16-23(18,19)17-5-7-21-8-6-17/h2-4,12,16H,5-11H2,1H3/t12-/m0/s1. The van der Waals surface area contributed by atoms with Gasteiger partial charge in [0.05, 0.1) is 26.9 Å². The van der Waals surface area contributed by atoms with Crippen LogP contribution < -0.4 is 14.2 Å². The highest BCUT2D eigenvalue weighted by atomic mass is 32.2. The number of nitrogens with one attached hydrogen (secondary N) is 1. The van der Waals surface area contributed by atoms with Crippen molar-refractivity contribution in [3.63, 3.8) is 0 Å². The first-order valence-electron chi connectivity index (χ1n) is 7.71. The number of fused-ring (bicyclic) bond motifs is 1. The lowest BCUT2D eigenvalue weighted by Gasteiger charge is -2.29. The van der Waals surface area contributed by atoms with Gasteiger partial charge in [-0.3, -0.25) is 0 Å². The van der Waals surface area contributed by atoms with Crippen molar-refractivity contribution in [1.82, 2.24) is 9.03 Å². The maximum absolute atomic E-state index is 12.3. The van der Waals surface area contributed by atoms with Crippen LogP contribution in [0, 0.1) is 5.92 Å². The van der Waals surface area contributed by atoms with Crippen LogP contribution in [0.3, 0.4) is 0 Å². The molecule has 1 fully saturated rings. The summed E-state index contributed by atoms with van der Waals surface area (Å²) in [7, 11) is -1.84. The van der Waals surface area contributed by atoms with E-state index in [1.807, 2.05) is 18.2 Å². The van der Waals surface area contributed by atoms with Crippen LogP contribution in [0.4, 0.5) is 0 Å². The van der Waals surface area contributed by atoms with Crippen molar-refractivity contribution in [1.29, 1.82) is 0 Å². The minimum absolute atomic E-state index is 0.102. The molecule has 2 aliphatic rings. The molecular weight excluding hydrogens is 320 g/mol. The van der Waals surface area contributed by atoms with E-state index in [1.165, 1.54) is 4.31 Å². The highest BCUT2D eigenvalue weighted by Gasteiger charge is 2.27. The normalized spacial score (nSPS) is 22.2. The molecule has 2 heterocycles. The van der Waals surface area contributed by atoms with E-state index >= 15 is 0 Å². The summed E-state index contributed by atoms with van der Waals surface area (Å²) in [6.45, 7) is 2.52. The van der Waals surface area contributed by atoms with Crippen molar-refractivity contribution in [2.45, 2.75) is 6.42 Å². The molecule has 0 aromatic heterocycles. The molecule has 0 bridgehead atoms. The zero-order chi connectivity index (χ0) is 16.3. The van der Waals surface area contributed by atoms with Crippen molar-refractivity contribution >= 4 is 10.2 Å². The Hall–Kier alpha value is -1.35. The van der Waals surface area contributed by atoms with Gasteiger partial charge in [0.2, 0.25) is 0 Å². The van der Waals surface area contributed by atoms with Crippen LogP contribution in [0.25, 0.3) is 0 Å². The first-order chi connectivity index (χ1) is 11.1. The summed E-state index contributed by atoms with van der Waals surface area (Å²) in [4.78, 5) is 0. The lowest BCUT2D eigenvalue weighted by atomic mass is 9.96. The number of hydrogen-bond acceptors (Lipinski definition) is 5. The quantitative estimate of drug-likeness (QED) is 0.839. The first kappa shape index (κ1) is 16.5. The first-order valence-corrected chi connectivity index (χ1v) is 9.15. The van der Waals surface area contributed by atoms with E-state index < -0.39 is 10.2 Å². The van der Waals surface area contributed by atoms with Crippen LogP contribution in [0.15, 0.2) is 18.2 Å². The fraction of sp³-hybridized carbons (Fsp3) is 0.600. The Morgan fingerprint density at radius 1 is 1.35 bits per heavy atom. The van der Waals surface area contributed by atoms with Crippen LogP contribution in [-0.2, 0) is 21.4 Å². The molecule has 128 valence electrons. The Bertz CT molecular complexity index is 643. The molecule has 1 atom stereocenters. The molecule has 1 aromatic rings. The lowest BCUT2D eigenvalue weighted by molar-refractivity contribution is 0.0723. The van der Waals surface area contributed by atoms with Gasteiger partial charge < -0.3 is 14.2 Å². The summed E-state index contributed by atoms with van der Waals surface area (Å²) < 4.78 is 44.9. The highest BCUT2D eigenvalue weighted by Crippen LogP contribution is 2.35. The van der Waals surface area contributed by atoms with Gasteiger partial charge in [0.1, 0.15) is 0 Å². The predicted molar refractivity (Wildman–Crippen MR) is 85.0 cm³/mol. The van der Waals surface area contributed by atoms with Crippen molar-refractivity contribution in [2.24, 2.45) is 5.92 Å². The molecular formula is C15H22N2O5S. The second-order valence-corrected chi connectivity index (χ2v) is 7.45. The number of nitrogens with zero attached hydrogens (tertiary/aromatic N) is 1. The highest BCUT2D eigenvalue weighted by molar-refractivity contribution is 7.87. The van der Waals surface area contributed by atoms with Gasteiger partial charge in [-0.15, -0.1) is 0 Å². The second kappa shape index (κ2) is 7.04. The Morgan fingerprint density at radius 3 is 2.87 bits per heavy atom. The third kappa shape index (κ3) is 3.77. The third-order valence-corrected chi connectivity index (χ3v) is 5.69. The molecule has 0 radical (unpaired) electrons. The fourth-order valence-corrected chi connectivity index (χ4v) is 4.11. The molecule has 3 rings (SSSR count). The summed E-state index contributed by atoms with van der Waals surface area (Å²) in [6.07, 6.45) is 0.762. The Kier molecular flexibility index (Phi) is 5.05. The van der Waals surface area contributed by atoms with Crippen LogP contribution in [0.2, 0.25) is 0 Å². The van der Waals surface area contributed by atoms with Gasteiger partial charge in [-0.25, -0.2) is 4.72 Å². The van der Waals surface area contributed by atoms with E-state index in [0.717, 1.165) is 23.5 Å². The number of ether oxygens (including phenoxy) is 3. The van der Waals surface area contributed by atoms with Crippen LogP contribution in [0.5, 0.6) is 11.5 Å². The van der Waals surface area contributed by atoms with Crippen molar-refractivity contribution in [3.05, 3.63) is 23.8 Å². The Morgan fingerprint density at radius 2 is 2.13 bits per heavy atom. The molecule has 7 nitrogen and oxygen atoms in total. The second-order valence-electron chi connectivity index (χ2n) is 5.69. The van der Waals surface area contributed by atoms with Gasteiger partial charge in [0, 0.05) is 25.6 Å². The molecule has 0 saturated carbocycles. The minimum Gasteiger partial charge on any atom is -0.493 e. The minimum atomic E-state index is -3.45. The van der Waals surface area contributed by atoms with E-state index in [2.05, 4.69) is 4.72 Å². The summed E-state index contributed by atoms with van der Waals surface area (Å²) >= 11 is 0. The number of morpholine rings is 1. The topological polar surface area (TPSA) is 77.1 Å².